The first-order chi connectivity index (χ1) is 14.1. The normalized spacial score (nSPS) is 9.97. The van der Waals surface area contributed by atoms with Crippen LogP contribution in [0.5, 0.6) is 0 Å². The van der Waals surface area contributed by atoms with Gasteiger partial charge in [-0.1, -0.05) is 0 Å². The van der Waals surface area contributed by atoms with Gasteiger partial charge in [-0.15, -0.1) is 0 Å². The van der Waals surface area contributed by atoms with Gasteiger partial charge in [0.15, 0.2) is 0 Å². The summed E-state index contributed by atoms with van der Waals surface area (Å²) in [6.45, 7) is 0.972. The molecule has 0 fully saturated rings. The molecule has 0 radical (unpaired) electrons. The molecule has 0 bridgehead atoms. The van der Waals surface area contributed by atoms with Gasteiger partial charge in [-0.25, -0.2) is 0 Å². The topological polar surface area (TPSA) is 40.1 Å². The minimum absolute atomic E-state index is 0.972. The number of hydrogen-bond donors (Lipinski definition) is 0. The number of carbonyl (C=O) groups excluding carboxylic acids is 1. The number of carboxylic acid groups (broad SMARTS) is 1. The molecule has 0 atom stereocenters. The van der Waals surface area contributed by atoms with Gasteiger partial charge >= 0.3 is 160 Å². The molecule has 2 nitrogen and oxygen atoms in total. The zero-order valence-electron chi connectivity index (χ0n) is 17.2. The molecule has 0 saturated heterocycles. The van der Waals surface area contributed by atoms with Crippen LogP contribution in [-0.4, -0.2) is 25.7 Å². The predicted molar refractivity (Wildman–Crippen MR) is 121 cm³/mol. The molecular formula is C26H30O2Sn. The van der Waals surface area contributed by atoms with Crippen LogP contribution in [0.2, 0.25) is 13.3 Å². The number of aliphatic carboxylic acids is 1. The molecule has 29 heavy (non-hydrogen) atoms. The Labute approximate surface area is 182 Å². The number of carboxylic acids is 1. The third kappa shape index (κ3) is 10.9. The van der Waals surface area contributed by atoms with Crippen molar-refractivity contribution < 1.29 is 9.90 Å². The predicted octanol–water partition coefficient (Wildman–Crippen LogP) is 4.97. The Kier molecular flexibility index (Phi) is 11.2. The maximum absolute atomic E-state index is 8.89. The number of aryl methyl sites for hydroxylation is 3. The molecule has 0 saturated carbocycles. The van der Waals surface area contributed by atoms with Crippen LogP contribution in [0.15, 0.2) is 91.0 Å². The van der Waals surface area contributed by atoms with Crippen LogP contribution >= 0.6 is 0 Å². The second kappa shape index (κ2) is 14.0. The van der Waals surface area contributed by atoms with E-state index in [9.17, 15) is 0 Å². The summed E-state index contributed by atoms with van der Waals surface area (Å²) >= 11 is -1.38. The summed E-state index contributed by atoms with van der Waals surface area (Å²) in [6, 6.07) is 33.1. The molecule has 0 aliphatic carbocycles. The van der Waals surface area contributed by atoms with Crippen molar-refractivity contribution in [2.24, 2.45) is 0 Å². The fourth-order valence-electron chi connectivity index (χ4n) is 3.27. The van der Waals surface area contributed by atoms with Gasteiger partial charge in [0.2, 0.25) is 0 Å². The van der Waals surface area contributed by atoms with Gasteiger partial charge in [0.1, 0.15) is 0 Å². The van der Waals surface area contributed by atoms with Gasteiger partial charge in [0.05, 0.1) is 0 Å². The molecule has 0 amide bonds. The third-order valence-corrected chi connectivity index (χ3v) is 13.0. The van der Waals surface area contributed by atoms with E-state index in [1.807, 2.05) is 0 Å². The first-order valence-corrected chi connectivity index (χ1v) is 16.3. The van der Waals surface area contributed by atoms with Gasteiger partial charge in [0.25, 0.3) is 0 Å². The quantitative estimate of drug-likeness (QED) is 0.396. The van der Waals surface area contributed by atoms with Crippen molar-refractivity contribution in [2.75, 3.05) is 0 Å². The van der Waals surface area contributed by atoms with E-state index in [2.05, 4.69) is 91.0 Å². The van der Waals surface area contributed by atoms with Crippen molar-refractivity contribution in [1.29, 1.82) is 0 Å². The maximum atomic E-state index is 8.89. The van der Waals surface area contributed by atoms with E-state index in [4.69, 9.17) is 9.90 Å². The van der Waals surface area contributed by atoms with Crippen molar-refractivity contribution in [3.05, 3.63) is 108 Å². The second-order valence-electron chi connectivity index (χ2n) is 7.20. The summed E-state index contributed by atoms with van der Waals surface area (Å²) in [6.07, 6.45) is 3.83. The summed E-state index contributed by atoms with van der Waals surface area (Å²) < 4.78 is 4.43. The average Bonchev–Trinajstić information content (AvgIpc) is 2.75. The zero-order valence-corrected chi connectivity index (χ0v) is 20.1. The van der Waals surface area contributed by atoms with Crippen LogP contribution < -0.4 is 5.11 Å². The Bertz CT molecular complexity index is 696. The Balaban J connectivity index is 0.000000687. The minimum atomic E-state index is -1.38. The Morgan fingerprint density at radius 3 is 1.10 bits per heavy atom. The van der Waals surface area contributed by atoms with Crippen LogP contribution in [-0.2, 0) is 24.1 Å². The third-order valence-electron chi connectivity index (χ3n) is 4.83. The Hall–Kier alpha value is -2.07. The van der Waals surface area contributed by atoms with E-state index in [0.29, 0.717) is 0 Å². The fraction of sp³-hybridized carbons (Fsp3) is 0.269. The van der Waals surface area contributed by atoms with E-state index in [-0.39, 0.29) is 0 Å². The van der Waals surface area contributed by atoms with Crippen molar-refractivity contribution >= 4 is 25.7 Å². The molecule has 0 aliphatic heterocycles. The van der Waals surface area contributed by atoms with E-state index < -0.39 is 25.7 Å². The van der Waals surface area contributed by atoms with Gasteiger partial charge in [0, 0.05) is 5.97 Å². The summed E-state index contributed by atoms with van der Waals surface area (Å²) in [7, 11) is 0. The van der Waals surface area contributed by atoms with Crippen LogP contribution in [0.25, 0.3) is 0 Å². The van der Waals surface area contributed by atoms with Crippen LogP contribution in [0, 0.1) is 0 Å². The number of benzene rings is 3. The first kappa shape index (κ1) is 23.2. The molecular weight excluding hydrogens is 463 g/mol. The molecule has 0 N–H and O–H groups in total. The molecule has 3 aromatic rings. The number of hydrogen-bond acceptors (Lipinski definition) is 2. The standard InChI is InChI=1S/3C8H9.C2H4O2.Sn/c3*1-2-8-6-4-3-5-7-8;1-2(3)4;/h3*3-7H,1-2H2;1H3,(H,3,4);/q;;;;+1/p-1. The van der Waals surface area contributed by atoms with Gasteiger partial charge in [-0.3, -0.25) is 0 Å². The van der Waals surface area contributed by atoms with Crippen LogP contribution in [0.4, 0.5) is 0 Å². The van der Waals surface area contributed by atoms with Gasteiger partial charge in [-0.2, -0.15) is 0 Å². The summed E-state index contributed by atoms with van der Waals surface area (Å²) in [5.41, 5.74) is 4.54. The molecule has 150 valence electrons. The van der Waals surface area contributed by atoms with Crippen LogP contribution in [0.3, 0.4) is 0 Å². The van der Waals surface area contributed by atoms with Crippen molar-refractivity contribution in [1.82, 2.24) is 0 Å². The monoisotopic (exact) mass is 494 g/mol. The van der Waals surface area contributed by atoms with E-state index in [1.54, 1.807) is 0 Å². The molecule has 0 aromatic heterocycles. The molecule has 0 heterocycles. The molecule has 0 unspecified atom stereocenters. The molecule has 0 aliphatic rings. The molecule has 0 spiro atoms. The average molecular weight is 493 g/mol. The summed E-state index contributed by atoms with van der Waals surface area (Å²) in [5.74, 6) is -1.08. The zero-order chi connectivity index (χ0) is 20.7. The summed E-state index contributed by atoms with van der Waals surface area (Å²) in [4.78, 5) is 8.89. The fourth-order valence-corrected chi connectivity index (χ4v) is 10.9. The van der Waals surface area contributed by atoms with Gasteiger partial charge in [-0.05, 0) is 6.92 Å². The first-order valence-electron chi connectivity index (χ1n) is 10.3. The number of rotatable bonds is 9. The molecule has 3 heteroatoms. The van der Waals surface area contributed by atoms with Crippen LogP contribution in [0.1, 0.15) is 23.6 Å². The van der Waals surface area contributed by atoms with E-state index in [1.165, 1.54) is 49.3 Å². The number of carbonyl (C=O) groups is 1. The second-order valence-corrected chi connectivity index (χ2v) is 15.8. The summed E-state index contributed by atoms with van der Waals surface area (Å²) in [5, 5.41) is 8.89. The molecule has 3 rings (SSSR count). The van der Waals surface area contributed by atoms with Crippen molar-refractivity contribution in [2.45, 2.75) is 39.5 Å². The van der Waals surface area contributed by atoms with E-state index in [0.717, 1.165) is 6.92 Å². The van der Waals surface area contributed by atoms with Gasteiger partial charge < -0.3 is 9.90 Å². The SMILES string of the molecule is CC(=O)[O-].c1ccc(C[CH2][Sn+]([CH2]Cc2ccccc2)[CH2]Cc2ccccc2)cc1. The Morgan fingerprint density at radius 1 is 0.621 bits per heavy atom. The van der Waals surface area contributed by atoms with Crippen molar-refractivity contribution in [3.63, 3.8) is 0 Å². The molecule has 3 aromatic carbocycles. The Morgan fingerprint density at radius 2 is 0.862 bits per heavy atom. The van der Waals surface area contributed by atoms with E-state index >= 15 is 0 Å². The van der Waals surface area contributed by atoms with Crippen molar-refractivity contribution in [3.8, 4) is 0 Å².